The molecule has 0 N–H and O–H groups in total. The van der Waals surface area contributed by atoms with Crippen molar-refractivity contribution in [1.29, 1.82) is 0 Å². The molecule has 632 valence electrons. The van der Waals surface area contributed by atoms with Crippen LogP contribution >= 0.6 is 0 Å². The van der Waals surface area contributed by atoms with Gasteiger partial charge in [0.2, 0.25) is 0 Å². The molecule has 0 saturated carbocycles. The van der Waals surface area contributed by atoms with Crippen LogP contribution in [0.25, 0.3) is 53.9 Å². The van der Waals surface area contributed by atoms with Crippen LogP contribution in [0.15, 0.2) is 217 Å². The Labute approximate surface area is 701 Å². The van der Waals surface area contributed by atoms with Crippen LogP contribution in [0.3, 0.4) is 0 Å². The van der Waals surface area contributed by atoms with Crippen LogP contribution in [0.4, 0.5) is 0 Å². The Morgan fingerprint density at radius 3 is 0.924 bits per heavy atom. The number of benzene rings is 8. The minimum atomic E-state index is -3.28. The highest BCUT2D eigenvalue weighted by atomic mass is 32.2. The minimum Gasteiger partial charge on any atom is -0.264 e. The monoisotopic (exact) mass is 1730 g/mol. The van der Waals surface area contributed by atoms with Gasteiger partial charge in [0.15, 0.2) is 73.9 Å². The van der Waals surface area contributed by atoms with E-state index in [9.17, 15) is 58.9 Å². The quantitative estimate of drug-likeness (QED) is 0.0977. The Morgan fingerprint density at radius 1 is 0.229 bits per heavy atom. The zero-order chi connectivity index (χ0) is 87.7. The Hall–Kier alpha value is -8.69. The van der Waals surface area contributed by atoms with Crippen molar-refractivity contribution in [2.45, 2.75) is 218 Å². The van der Waals surface area contributed by atoms with Gasteiger partial charge in [0.1, 0.15) is 0 Å². The number of rotatable bonds is 14. The molecule has 18 nitrogen and oxygen atoms in total. The molecule has 2 aliphatic rings. The fourth-order valence-electron chi connectivity index (χ4n) is 15.4. The zero-order valence-electron chi connectivity index (χ0n) is 71.7. The molecule has 4 heterocycles. The van der Waals surface area contributed by atoms with Gasteiger partial charge in [-0.2, -0.15) is 0 Å². The lowest BCUT2D eigenvalue weighted by atomic mass is 9.85. The summed E-state index contributed by atoms with van der Waals surface area (Å²) in [4.78, 5) is 19.1. The summed E-state index contributed by atoms with van der Waals surface area (Å²) in [6.45, 7) is 29.5. The highest BCUT2D eigenvalue weighted by Crippen LogP contribution is 2.39. The van der Waals surface area contributed by atoms with Gasteiger partial charge in [0.05, 0.1) is 35.1 Å². The van der Waals surface area contributed by atoms with Gasteiger partial charge in [-0.15, -0.1) is 0 Å². The molecule has 2 aliphatic carbocycles. The van der Waals surface area contributed by atoms with Crippen molar-refractivity contribution in [3.63, 3.8) is 0 Å². The molecule has 0 aliphatic heterocycles. The molecule has 0 saturated heterocycles. The smallest absolute Gasteiger partial charge is 0.193 e. The van der Waals surface area contributed by atoms with Gasteiger partial charge in [0.25, 0.3) is 0 Å². The Morgan fingerprint density at radius 2 is 0.525 bits per heavy atom. The molecule has 0 amide bonds. The van der Waals surface area contributed by atoms with Crippen LogP contribution in [-0.2, 0) is 94.5 Å². The molecule has 0 spiro atoms. The van der Waals surface area contributed by atoms with E-state index in [2.05, 4.69) is 117 Å². The number of aromatic nitrogens is 4. The first-order chi connectivity index (χ1) is 54.9. The van der Waals surface area contributed by atoms with E-state index in [0.29, 0.717) is 75.7 Å². The third-order valence-corrected chi connectivity index (χ3v) is 28.9. The minimum absolute atomic E-state index is 0.164. The summed E-state index contributed by atoms with van der Waals surface area (Å²) in [7, 11) is -22.3. The molecule has 12 aromatic rings. The third kappa shape index (κ3) is 23.3. The fourth-order valence-corrected chi connectivity index (χ4v) is 21.7. The first kappa shape index (κ1) is 94.8. The van der Waals surface area contributed by atoms with E-state index in [1.807, 2.05) is 109 Å². The molecule has 0 bridgehead atoms. The van der Waals surface area contributed by atoms with E-state index in [4.69, 9.17) is 0 Å². The highest BCUT2D eigenvalue weighted by Gasteiger charge is 2.27. The lowest BCUT2D eigenvalue weighted by Gasteiger charge is -2.23. The van der Waals surface area contributed by atoms with Crippen LogP contribution in [0.5, 0.6) is 0 Å². The predicted molar refractivity (Wildman–Crippen MR) is 483 cm³/mol. The second-order valence-electron chi connectivity index (χ2n) is 32.7. The summed E-state index contributed by atoms with van der Waals surface area (Å²) < 4.78 is 164. The van der Waals surface area contributed by atoms with Crippen LogP contribution < -0.4 is 0 Å². The molecule has 0 fully saturated rings. The van der Waals surface area contributed by atoms with Crippen molar-refractivity contribution in [3.8, 4) is 0 Å². The number of hydrogen-bond acceptors (Lipinski definition) is 18. The number of hydrogen-bond donors (Lipinski definition) is 0. The molecule has 14 rings (SSSR count). The van der Waals surface area contributed by atoms with Crippen molar-refractivity contribution >= 4 is 123 Å². The van der Waals surface area contributed by atoms with Crippen LogP contribution in [-0.4, -0.2) is 123 Å². The molecular weight excluding hydrogens is 1620 g/mol. The van der Waals surface area contributed by atoms with Gasteiger partial charge in [0, 0.05) is 119 Å². The molecule has 25 heteroatoms. The van der Waals surface area contributed by atoms with Crippen molar-refractivity contribution in [3.05, 3.63) is 244 Å². The lowest BCUT2D eigenvalue weighted by Crippen LogP contribution is -2.13. The molecule has 0 unspecified atom stereocenters. The van der Waals surface area contributed by atoms with E-state index in [1.165, 1.54) is 84.2 Å². The zero-order valence-corrected chi connectivity index (χ0v) is 77.4. The van der Waals surface area contributed by atoms with E-state index >= 15 is 0 Å². The van der Waals surface area contributed by atoms with Gasteiger partial charge >= 0.3 is 0 Å². The maximum atomic E-state index is 11.8. The van der Waals surface area contributed by atoms with E-state index in [-0.39, 0.29) is 10.9 Å². The largest absolute Gasteiger partial charge is 0.264 e. The average molecular weight is 1740 g/mol. The van der Waals surface area contributed by atoms with Crippen molar-refractivity contribution in [2.24, 2.45) is 0 Å². The van der Waals surface area contributed by atoms with Gasteiger partial charge in [-0.05, 0) is 201 Å². The van der Waals surface area contributed by atoms with E-state index in [1.54, 1.807) is 67.4 Å². The fraction of sp³-hybridized carbons (Fsp3) is 0.376. The second kappa shape index (κ2) is 38.8. The second-order valence-corrected chi connectivity index (χ2v) is 46.6. The van der Waals surface area contributed by atoms with Crippen molar-refractivity contribution in [2.75, 3.05) is 43.8 Å². The Kier molecular flexibility index (Phi) is 31.2. The van der Waals surface area contributed by atoms with Crippen molar-refractivity contribution in [1.82, 2.24) is 19.9 Å². The van der Waals surface area contributed by atoms with E-state index in [0.717, 1.165) is 115 Å². The SMILES string of the molecule is CC(C)c1ccc(S(C)(=O)=O)c2c1CCC2.CC(C)c1ccc(S(C)(=O)=O)c2c1CCCC2.CC(C)c1ccc(S(C)(=O)=O)c2ccccc12.CC(C)c1ccc(S(C)(=O)=O)c2ccncc12.CC(C)c1ccc(S(C)(=O)=O)c2cnccc12.CC(C)c1cnc(S(C)(=O)=O)c2ccccc12.CC(C)c1ncc(S(C)(=O)=O)c2ccccc12. The van der Waals surface area contributed by atoms with Crippen molar-refractivity contribution < 1.29 is 58.9 Å². The molecular formula is C93H114N4O14S7. The summed E-state index contributed by atoms with van der Waals surface area (Å²) in [5, 5.41) is 8.74. The maximum absolute atomic E-state index is 11.8. The highest BCUT2D eigenvalue weighted by molar-refractivity contribution is 7.92. The van der Waals surface area contributed by atoms with Crippen LogP contribution in [0, 0.1) is 0 Å². The first-order valence-corrected chi connectivity index (χ1v) is 52.8. The van der Waals surface area contributed by atoms with Gasteiger partial charge in [-0.3, -0.25) is 15.0 Å². The molecule has 8 aromatic carbocycles. The maximum Gasteiger partial charge on any atom is 0.193 e. The number of pyridine rings is 4. The third-order valence-electron chi connectivity index (χ3n) is 21.0. The summed E-state index contributed by atoms with van der Waals surface area (Å²) in [5.74, 6) is 2.61. The van der Waals surface area contributed by atoms with Gasteiger partial charge in [-0.25, -0.2) is 63.9 Å². The lowest BCUT2D eigenvalue weighted by molar-refractivity contribution is 0.595. The van der Waals surface area contributed by atoms with Crippen LogP contribution in [0.2, 0.25) is 0 Å². The molecule has 118 heavy (non-hydrogen) atoms. The Bertz CT molecular complexity index is 5870. The summed E-state index contributed by atoms with van der Waals surface area (Å²) in [6, 6.07) is 44.7. The Balaban J connectivity index is 0.000000172. The standard InChI is InChI=1S/C14H20O2S.C14H16O2S.4C13H15NO2S.C13H18O2S/c2*1-10(2)11-8-9-14(17(3,15)16)13-7-5-4-6-12(11)13;1-9(2)10-4-5-13(17(3,15)16)11-6-7-14-8-12(10)11;1-9(2)10-4-5-13(17(3,15)16)12-8-14-7-6-11(10)12;1-9(2)13-11-7-5-4-6-10(11)12(8-14-13)17(3,15)16;1-9(2)12-8-14-13(17(3,15)16)11-7-5-4-6-10(11)12;1-9(2)10-7-8-13(16(3,14)15)12-6-4-5-11(10)12/h8-10H,4-7H2,1-3H3;4-10H,1-3H3;4*4-9H,1-3H3;7-9H,4-6H2,1-3H3. The van der Waals surface area contributed by atoms with Crippen LogP contribution in [0.1, 0.15) is 219 Å². The summed E-state index contributed by atoms with van der Waals surface area (Å²) >= 11 is 0. The average Bonchev–Trinajstić information content (AvgIpc) is 1.51. The van der Waals surface area contributed by atoms with Gasteiger partial charge < -0.3 is 0 Å². The van der Waals surface area contributed by atoms with Gasteiger partial charge in [-0.1, -0.05) is 200 Å². The molecule has 4 aromatic heterocycles. The topological polar surface area (TPSA) is 291 Å². The molecule has 0 atom stereocenters. The summed E-state index contributed by atoms with van der Waals surface area (Å²) in [5.41, 5.74) is 12.9. The first-order valence-electron chi connectivity index (χ1n) is 39.6. The predicted octanol–water partition coefficient (Wildman–Crippen LogP) is 20.2. The summed E-state index contributed by atoms with van der Waals surface area (Å²) in [6.07, 6.45) is 25.8. The number of fused-ring (bicyclic) bond motifs is 7. The number of sulfone groups is 7. The number of nitrogens with zero attached hydrogens (tertiary/aromatic N) is 4. The normalized spacial score (nSPS) is 13.2. The molecule has 0 radical (unpaired) electrons. The van der Waals surface area contributed by atoms with E-state index < -0.39 is 68.9 Å².